The molecule has 0 radical (unpaired) electrons. The Hall–Kier alpha value is -0.710. The summed E-state index contributed by atoms with van der Waals surface area (Å²) in [4.78, 5) is 0. The van der Waals surface area contributed by atoms with E-state index < -0.39 is 0 Å². The molecule has 1 aromatic rings. The topological polar surface area (TPSA) is 30.5 Å². The number of rotatable bonds is 5. The second-order valence-electron chi connectivity index (χ2n) is 6.04. The molecule has 1 spiro atoms. The zero-order valence-corrected chi connectivity index (χ0v) is 13.6. The van der Waals surface area contributed by atoms with E-state index in [0.717, 1.165) is 31.7 Å². The molecule has 3 rings (SSSR count). The highest BCUT2D eigenvalue weighted by Crippen LogP contribution is 2.38. The zero-order valence-electron chi connectivity index (χ0n) is 12.8. The van der Waals surface area contributed by atoms with Gasteiger partial charge in [0.2, 0.25) is 0 Å². The van der Waals surface area contributed by atoms with E-state index in [9.17, 15) is 0 Å². The van der Waals surface area contributed by atoms with Crippen molar-refractivity contribution in [3.05, 3.63) is 29.8 Å². The molecule has 2 fully saturated rings. The molecule has 2 aliphatic heterocycles. The van der Waals surface area contributed by atoms with Gasteiger partial charge in [0.1, 0.15) is 5.75 Å². The van der Waals surface area contributed by atoms with E-state index in [1.807, 2.05) is 23.9 Å². The maximum atomic E-state index is 6.08. The van der Waals surface area contributed by atoms with Crippen LogP contribution in [-0.2, 0) is 11.2 Å². The van der Waals surface area contributed by atoms with Crippen molar-refractivity contribution in [3.63, 3.8) is 0 Å². The van der Waals surface area contributed by atoms with Crippen LogP contribution in [0.15, 0.2) is 24.3 Å². The smallest absolute Gasteiger partial charge is 0.122 e. The molecule has 2 heterocycles. The van der Waals surface area contributed by atoms with E-state index in [1.165, 1.54) is 29.9 Å². The number of para-hydroxylation sites is 1. The van der Waals surface area contributed by atoms with Crippen LogP contribution in [-0.4, -0.2) is 43.4 Å². The molecule has 4 heteroatoms. The Morgan fingerprint density at radius 3 is 3.14 bits per heavy atom. The Morgan fingerprint density at radius 2 is 2.33 bits per heavy atom. The van der Waals surface area contributed by atoms with Gasteiger partial charge in [-0.25, -0.2) is 0 Å². The Bertz CT molecular complexity index is 460. The molecule has 0 saturated carbocycles. The first-order chi connectivity index (χ1) is 10.3. The summed E-state index contributed by atoms with van der Waals surface area (Å²) >= 11 is 2.04. The van der Waals surface area contributed by atoms with E-state index in [2.05, 4.69) is 17.4 Å². The van der Waals surface area contributed by atoms with Gasteiger partial charge >= 0.3 is 0 Å². The first-order valence-corrected chi connectivity index (χ1v) is 9.04. The van der Waals surface area contributed by atoms with Crippen LogP contribution >= 0.6 is 11.8 Å². The lowest BCUT2D eigenvalue weighted by Gasteiger charge is -2.38. The lowest BCUT2D eigenvalue weighted by Crippen LogP contribution is -2.47. The standard InChI is InChI=1S/C17H25NO2S/c1-19-16-5-3-2-4-14(16)6-9-18-15-7-10-20-17(12-15)8-11-21-13-17/h2-5,15,18H,6-13H2,1H3. The summed E-state index contributed by atoms with van der Waals surface area (Å²) in [5.41, 5.74) is 1.45. The van der Waals surface area contributed by atoms with Gasteiger partial charge in [0.05, 0.1) is 12.7 Å². The van der Waals surface area contributed by atoms with E-state index in [1.54, 1.807) is 7.11 Å². The third-order valence-electron chi connectivity index (χ3n) is 4.58. The van der Waals surface area contributed by atoms with E-state index in [4.69, 9.17) is 9.47 Å². The number of hydrogen-bond acceptors (Lipinski definition) is 4. The Morgan fingerprint density at radius 1 is 1.43 bits per heavy atom. The lowest BCUT2D eigenvalue weighted by molar-refractivity contribution is -0.0699. The predicted octanol–water partition coefficient (Wildman–Crippen LogP) is 2.88. The van der Waals surface area contributed by atoms with Crippen molar-refractivity contribution in [2.45, 2.75) is 37.3 Å². The highest BCUT2D eigenvalue weighted by molar-refractivity contribution is 7.99. The van der Waals surface area contributed by atoms with Gasteiger partial charge in [-0.1, -0.05) is 18.2 Å². The molecular weight excluding hydrogens is 282 g/mol. The van der Waals surface area contributed by atoms with Gasteiger partial charge in [0.25, 0.3) is 0 Å². The summed E-state index contributed by atoms with van der Waals surface area (Å²) in [6.45, 7) is 1.92. The predicted molar refractivity (Wildman–Crippen MR) is 88.3 cm³/mol. The minimum absolute atomic E-state index is 0.172. The minimum atomic E-state index is 0.172. The van der Waals surface area contributed by atoms with Crippen LogP contribution in [0.2, 0.25) is 0 Å². The molecule has 3 nitrogen and oxygen atoms in total. The second-order valence-corrected chi connectivity index (χ2v) is 7.14. The van der Waals surface area contributed by atoms with E-state index in [0.29, 0.717) is 6.04 Å². The van der Waals surface area contributed by atoms with Crippen LogP contribution < -0.4 is 10.1 Å². The second kappa shape index (κ2) is 7.03. The molecule has 2 saturated heterocycles. The van der Waals surface area contributed by atoms with Gasteiger partial charge in [-0.2, -0.15) is 11.8 Å². The Labute approximate surface area is 131 Å². The van der Waals surface area contributed by atoms with Crippen molar-refractivity contribution >= 4 is 11.8 Å². The van der Waals surface area contributed by atoms with Crippen LogP contribution in [0, 0.1) is 0 Å². The first kappa shape index (κ1) is 15.2. The lowest BCUT2D eigenvalue weighted by atomic mass is 9.90. The van der Waals surface area contributed by atoms with Crippen molar-refractivity contribution in [1.82, 2.24) is 5.32 Å². The maximum absolute atomic E-state index is 6.08. The maximum Gasteiger partial charge on any atom is 0.122 e. The summed E-state index contributed by atoms with van der Waals surface area (Å²) in [6.07, 6.45) is 4.55. The van der Waals surface area contributed by atoms with E-state index >= 15 is 0 Å². The molecule has 1 N–H and O–H groups in total. The molecule has 2 atom stereocenters. The number of ether oxygens (including phenoxy) is 2. The fourth-order valence-electron chi connectivity index (χ4n) is 3.39. The molecule has 1 aromatic carbocycles. The van der Waals surface area contributed by atoms with Gasteiger partial charge in [-0.15, -0.1) is 0 Å². The third kappa shape index (κ3) is 3.74. The number of methoxy groups -OCH3 is 1. The van der Waals surface area contributed by atoms with Gasteiger partial charge in [-0.05, 0) is 49.6 Å². The van der Waals surface area contributed by atoms with Crippen molar-refractivity contribution in [1.29, 1.82) is 0 Å². The average Bonchev–Trinajstić information content (AvgIpc) is 2.95. The monoisotopic (exact) mass is 307 g/mol. The number of nitrogens with one attached hydrogen (secondary N) is 1. The first-order valence-electron chi connectivity index (χ1n) is 7.88. The normalized spacial score (nSPS) is 28.9. The van der Waals surface area contributed by atoms with Crippen molar-refractivity contribution < 1.29 is 9.47 Å². The van der Waals surface area contributed by atoms with Gasteiger partial charge in [0, 0.05) is 18.4 Å². The van der Waals surface area contributed by atoms with Crippen LogP contribution in [0.1, 0.15) is 24.8 Å². The molecule has 0 aliphatic carbocycles. The molecule has 116 valence electrons. The quantitative estimate of drug-likeness (QED) is 0.906. The highest BCUT2D eigenvalue weighted by Gasteiger charge is 2.40. The zero-order chi connectivity index (χ0) is 14.5. The largest absolute Gasteiger partial charge is 0.496 e. The summed E-state index contributed by atoms with van der Waals surface area (Å²) in [7, 11) is 1.74. The third-order valence-corrected chi connectivity index (χ3v) is 5.80. The van der Waals surface area contributed by atoms with Gasteiger partial charge < -0.3 is 14.8 Å². The van der Waals surface area contributed by atoms with Crippen LogP contribution in [0.5, 0.6) is 5.75 Å². The summed E-state index contributed by atoms with van der Waals surface area (Å²) in [5, 5.41) is 3.73. The van der Waals surface area contributed by atoms with Crippen molar-refractivity contribution in [2.24, 2.45) is 0 Å². The van der Waals surface area contributed by atoms with Crippen LogP contribution in [0.25, 0.3) is 0 Å². The average molecular weight is 307 g/mol. The van der Waals surface area contributed by atoms with Gasteiger partial charge in [-0.3, -0.25) is 0 Å². The number of hydrogen-bond donors (Lipinski definition) is 1. The molecule has 0 amide bonds. The summed E-state index contributed by atoms with van der Waals surface area (Å²) < 4.78 is 11.5. The molecular formula is C17H25NO2S. The van der Waals surface area contributed by atoms with Crippen LogP contribution in [0.3, 0.4) is 0 Å². The number of benzene rings is 1. The van der Waals surface area contributed by atoms with Gasteiger partial charge in [0.15, 0.2) is 0 Å². The van der Waals surface area contributed by atoms with Crippen molar-refractivity contribution in [2.75, 3.05) is 31.8 Å². The Balaban J connectivity index is 1.49. The van der Waals surface area contributed by atoms with Crippen molar-refractivity contribution in [3.8, 4) is 5.75 Å². The molecule has 0 aromatic heterocycles. The fraction of sp³-hybridized carbons (Fsp3) is 0.647. The fourth-order valence-corrected chi connectivity index (χ4v) is 4.76. The Kier molecular flexibility index (Phi) is 5.09. The van der Waals surface area contributed by atoms with E-state index in [-0.39, 0.29) is 5.60 Å². The highest BCUT2D eigenvalue weighted by atomic mass is 32.2. The SMILES string of the molecule is COc1ccccc1CCNC1CCOC2(CCSC2)C1. The number of thioether (sulfide) groups is 1. The molecule has 2 aliphatic rings. The van der Waals surface area contributed by atoms with Crippen LogP contribution in [0.4, 0.5) is 0 Å². The molecule has 2 unspecified atom stereocenters. The summed E-state index contributed by atoms with van der Waals surface area (Å²) in [6, 6.07) is 8.90. The summed E-state index contributed by atoms with van der Waals surface area (Å²) in [5.74, 6) is 3.43. The minimum Gasteiger partial charge on any atom is -0.496 e. The molecule has 21 heavy (non-hydrogen) atoms. The molecule has 0 bridgehead atoms.